The van der Waals surface area contributed by atoms with Gasteiger partial charge in [-0.25, -0.2) is 0 Å². The SMILES string of the molecule is CCC[N-]c1nc(-c2c(C)cc(C)cc2C)c(Cl)c(Cl)c1Cl.CCC[N-]c1nc(-c2c(C)cc(C)cc2C)c(Cl)c(Cl)c1Cl.[CH3-].[CH3-].[Hf+4]. The Balaban J connectivity index is 0.000000846. The van der Waals surface area contributed by atoms with E-state index in [1.54, 1.807) is 0 Å². The largest absolute Gasteiger partial charge is 4.00 e. The Hall–Kier alpha value is -1.05. The number of benzene rings is 2. The van der Waals surface area contributed by atoms with Crippen molar-refractivity contribution in [1.82, 2.24) is 9.97 Å². The van der Waals surface area contributed by atoms with Crippen LogP contribution in [0.1, 0.15) is 60.1 Å². The predicted molar refractivity (Wildman–Crippen MR) is 207 cm³/mol. The first kappa shape index (κ1) is 46.0. The molecule has 0 aliphatic heterocycles. The third-order valence-electron chi connectivity index (χ3n) is 6.81. The van der Waals surface area contributed by atoms with Crippen LogP contribution in [0.5, 0.6) is 0 Å². The van der Waals surface area contributed by atoms with Gasteiger partial charge in [0, 0.05) is 0 Å². The van der Waals surface area contributed by atoms with Crippen LogP contribution in [0.4, 0.5) is 11.6 Å². The van der Waals surface area contributed by atoms with Crippen LogP contribution < -0.4 is 0 Å². The molecule has 0 saturated carbocycles. The number of rotatable bonds is 8. The zero-order chi connectivity index (χ0) is 32.9. The van der Waals surface area contributed by atoms with Crippen LogP contribution >= 0.6 is 69.6 Å². The first-order chi connectivity index (χ1) is 20.7. The molecule has 0 spiro atoms. The molecule has 4 nitrogen and oxygen atoms in total. The van der Waals surface area contributed by atoms with Crippen LogP contribution in [-0.4, -0.2) is 23.1 Å². The van der Waals surface area contributed by atoms with Gasteiger partial charge in [-0.05, 0) is 97.9 Å². The number of nitrogens with zero attached hydrogens (tertiary/aromatic N) is 4. The molecule has 252 valence electrons. The van der Waals surface area contributed by atoms with E-state index in [1.165, 1.54) is 11.1 Å². The Bertz CT molecular complexity index is 1510. The molecule has 0 bridgehead atoms. The molecule has 4 rings (SSSR count). The molecule has 0 amide bonds. The van der Waals surface area contributed by atoms with Gasteiger partial charge >= 0.3 is 25.8 Å². The fourth-order valence-electron chi connectivity index (χ4n) is 5.09. The molecular formula is C36H42Cl6HfN4. The Labute approximate surface area is 331 Å². The molecule has 11 heteroatoms. The van der Waals surface area contributed by atoms with Gasteiger partial charge in [-0.1, -0.05) is 145 Å². The molecule has 0 radical (unpaired) electrons. The fraction of sp³-hybridized carbons (Fsp3) is 0.333. The van der Waals surface area contributed by atoms with Crippen molar-refractivity contribution in [3.8, 4) is 22.5 Å². The summed E-state index contributed by atoms with van der Waals surface area (Å²) in [5, 5.41) is 10.8. The van der Waals surface area contributed by atoms with E-state index in [9.17, 15) is 0 Å². The summed E-state index contributed by atoms with van der Waals surface area (Å²) in [5.41, 5.74) is 10.1. The molecule has 0 N–H and O–H groups in total. The average Bonchev–Trinajstić information content (AvgIpc) is 2.95. The number of aromatic nitrogens is 2. The zero-order valence-corrected chi connectivity index (χ0v) is 36.8. The van der Waals surface area contributed by atoms with E-state index in [0.717, 1.165) is 46.2 Å². The van der Waals surface area contributed by atoms with E-state index in [0.29, 0.717) is 66.2 Å². The predicted octanol–water partition coefficient (Wildman–Crippen LogP) is 15.0. The van der Waals surface area contributed by atoms with Gasteiger partial charge < -0.3 is 35.5 Å². The van der Waals surface area contributed by atoms with Gasteiger partial charge in [0.2, 0.25) is 0 Å². The second kappa shape index (κ2) is 20.6. The monoisotopic (exact) mass is 920 g/mol. The van der Waals surface area contributed by atoms with Crippen molar-refractivity contribution in [1.29, 1.82) is 0 Å². The molecule has 2 heterocycles. The maximum absolute atomic E-state index is 6.40. The van der Waals surface area contributed by atoms with Crippen LogP contribution in [0.2, 0.25) is 30.1 Å². The Morgan fingerprint density at radius 1 is 0.489 bits per heavy atom. The van der Waals surface area contributed by atoms with Gasteiger partial charge in [-0.2, -0.15) is 0 Å². The van der Waals surface area contributed by atoms with Crippen molar-refractivity contribution in [2.24, 2.45) is 0 Å². The van der Waals surface area contributed by atoms with Crippen molar-refractivity contribution < 1.29 is 25.8 Å². The summed E-state index contributed by atoms with van der Waals surface area (Å²) >= 11 is 37.8. The molecule has 0 saturated heterocycles. The van der Waals surface area contributed by atoms with Crippen molar-refractivity contribution in [2.75, 3.05) is 13.1 Å². The van der Waals surface area contributed by atoms with Gasteiger partial charge in [-0.3, -0.25) is 0 Å². The van der Waals surface area contributed by atoms with Crippen molar-refractivity contribution in [3.05, 3.63) is 113 Å². The molecule has 0 unspecified atom stereocenters. The molecule has 47 heavy (non-hydrogen) atoms. The standard InChI is InChI=1S/2C17H18Cl3N2.2CH3.Hf/c2*1-5-6-21-17-15(20)13(18)14(19)16(22-17)12-10(3)7-9(2)8-11(12)4;;;/h2*7-8H,5-6H2,1-4H3;2*1H3;/q4*-1;+4. The van der Waals surface area contributed by atoms with Crippen LogP contribution in [0.15, 0.2) is 24.3 Å². The Morgan fingerprint density at radius 2 is 0.766 bits per heavy atom. The summed E-state index contributed by atoms with van der Waals surface area (Å²) in [7, 11) is 0. The van der Waals surface area contributed by atoms with E-state index >= 15 is 0 Å². The smallest absolute Gasteiger partial charge is 0.464 e. The summed E-state index contributed by atoms with van der Waals surface area (Å²) in [6.07, 6.45) is 1.83. The van der Waals surface area contributed by atoms with E-state index in [2.05, 4.69) is 58.7 Å². The van der Waals surface area contributed by atoms with Crippen molar-refractivity contribution >= 4 is 81.2 Å². The zero-order valence-electron chi connectivity index (χ0n) is 28.7. The van der Waals surface area contributed by atoms with Crippen molar-refractivity contribution in [2.45, 2.75) is 68.2 Å². The number of pyridine rings is 2. The third-order valence-corrected chi connectivity index (χ3v) is 9.41. The first-order valence-corrected chi connectivity index (χ1v) is 16.6. The second-order valence-electron chi connectivity index (χ2n) is 10.8. The maximum atomic E-state index is 6.40. The molecule has 0 aliphatic carbocycles. The van der Waals surface area contributed by atoms with Crippen LogP contribution in [-0.2, 0) is 25.8 Å². The molecular weight excluding hydrogens is 880 g/mol. The first-order valence-electron chi connectivity index (χ1n) is 14.3. The summed E-state index contributed by atoms with van der Waals surface area (Å²) in [4.78, 5) is 9.15. The number of halogens is 6. The Morgan fingerprint density at radius 3 is 1.02 bits per heavy atom. The minimum absolute atomic E-state index is 0. The van der Waals surface area contributed by atoms with Crippen LogP contribution in [0, 0.1) is 56.4 Å². The molecule has 4 aromatic rings. The van der Waals surface area contributed by atoms with Crippen LogP contribution in [0.25, 0.3) is 33.1 Å². The van der Waals surface area contributed by atoms with Crippen molar-refractivity contribution in [3.63, 3.8) is 0 Å². The number of aryl methyl sites for hydroxylation is 6. The fourth-order valence-corrected chi connectivity index (χ4v) is 6.39. The number of hydrogen-bond acceptors (Lipinski definition) is 2. The Kier molecular flexibility index (Phi) is 20.1. The summed E-state index contributed by atoms with van der Waals surface area (Å²) in [6, 6.07) is 8.41. The van der Waals surface area contributed by atoms with Gasteiger partial charge in [0.25, 0.3) is 0 Å². The van der Waals surface area contributed by atoms with Crippen LogP contribution in [0.3, 0.4) is 0 Å². The molecule has 0 fully saturated rings. The average molecular weight is 922 g/mol. The third kappa shape index (κ3) is 11.0. The molecule has 0 aliphatic rings. The maximum Gasteiger partial charge on any atom is 4.00 e. The summed E-state index contributed by atoms with van der Waals surface area (Å²) in [6.45, 7) is 17.7. The van der Waals surface area contributed by atoms with E-state index in [1.807, 2.05) is 41.5 Å². The van der Waals surface area contributed by atoms with Gasteiger partial charge in [0.1, 0.15) is 0 Å². The number of hydrogen-bond donors (Lipinski definition) is 0. The van der Waals surface area contributed by atoms with Gasteiger partial charge in [0.15, 0.2) is 0 Å². The minimum atomic E-state index is 0. The van der Waals surface area contributed by atoms with E-state index in [4.69, 9.17) is 69.6 Å². The molecule has 2 aromatic carbocycles. The van der Waals surface area contributed by atoms with E-state index < -0.39 is 0 Å². The second-order valence-corrected chi connectivity index (χ2v) is 13.0. The van der Waals surface area contributed by atoms with Gasteiger partial charge in [0.05, 0.1) is 30.1 Å². The normalized spacial score (nSPS) is 10.2. The molecule has 0 atom stereocenters. The molecule has 2 aromatic heterocycles. The minimum Gasteiger partial charge on any atom is -0.464 e. The van der Waals surface area contributed by atoms with E-state index in [-0.39, 0.29) is 40.7 Å². The summed E-state index contributed by atoms with van der Waals surface area (Å²) < 4.78 is 0. The topological polar surface area (TPSA) is 54.0 Å². The summed E-state index contributed by atoms with van der Waals surface area (Å²) in [5.74, 6) is 0.902. The quantitative estimate of drug-likeness (QED) is 0.131. The van der Waals surface area contributed by atoms with Gasteiger partial charge in [-0.15, -0.1) is 0 Å².